The van der Waals surface area contributed by atoms with E-state index in [1.54, 1.807) is 12.1 Å². The lowest BCUT2D eigenvalue weighted by Gasteiger charge is -2.31. The Morgan fingerprint density at radius 3 is 2.50 bits per heavy atom. The lowest BCUT2D eigenvalue weighted by Crippen LogP contribution is -2.44. The Morgan fingerprint density at radius 1 is 1.20 bits per heavy atom. The smallest absolute Gasteiger partial charge is 0.319 e. The number of amides is 1. The van der Waals surface area contributed by atoms with Gasteiger partial charge in [0.1, 0.15) is 5.92 Å². The molecule has 2 unspecified atom stereocenters. The van der Waals surface area contributed by atoms with E-state index in [0.29, 0.717) is 32.0 Å². The highest BCUT2D eigenvalue weighted by Gasteiger charge is 2.44. The van der Waals surface area contributed by atoms with Gasteiger partial charge in [-0.1, -0.05) is 59.1 Å². The molecule has 2 atom stereocenters. The van der Waals surface area contributed by atoms with Gasteiger partial charge in [-0.2, -0.15) is 5.26 Å². The van der Waals surface area contributed by atoms with Crippen LogP contribution in [0.25, 0.3) is 0 Å². The lowest BCUT2D eigenvalue weighted by molar-refractivity contribution is -0.150. The molecule has 5 nitrogen and oxygen atoms in total. The summed E-state index contributed by atoms with van der Waals surface area (Å²) < 4.78 is 4.85. The predicted molar refractivity (Wildman–Crippen MR) is 118 cm³/mol. The van der Waals surface area contributed by atoms with E-state index in [4.69, 9.17) is 27.9 Å². The first-order valence-corrected chi connectivity index (χ1v) is 10.8. The molecule has 30 heavy (non-hydrogen) atoms. The number of nitrogens with zero attached hydrogens (tertiary/aromatic N) is 1. The number of allylic oxidation sites excluding steroid dienone is 1. The minimum absolute atomic E-state index is 0.318. The summed E-state index contributed by atoms with van der Waals surface area (Å²) in [6, 6.07) is 14.9. The average molecular weight is 461 g/mol. The van der Waals surface area contributed by atoms with Crippen LogP contribution in [-0.2, 0) is 20.1 Å². The Kier molecular flexibility index (Phi) is 7.09. The number of thioether (sulfide) groups is 1. The maximum Gasteiger partial charge on any atom is 0.319 e. The quantitative estimate of drug-likeness (QED) is 0.502. The van der Waals surface area contributed by atoms with Gasteiger partial charge in [-0.25, -0.2) is 0 Å². The van der Waals surface area contributed by atoms with Crippen molar-refractivity contribution in [3.63, 3.8) is 0 Å². The van der Waals surface area contributed by atoms with Crippen molar-refractivity contribution in [2.24, 2.45) is 5.92 Å². The van der Waals surface area contributed by atoms with Crippen molar-refractivity contribution in [1.82, 2.24) is 5.32 Å². The molecule has 1 aliphatic heterocycles. The molecule has 2 aromatic carbocycles. The van der Waals surface area contributed by atoms with E-state index >= 15 is 0 Å². The van der Waals surface area contributed by atoms with Gasteiger partial charge in [-0.05, 0) is 30.2 Å². The third-order valence-electron chi connectivity index (χ3n) is 4.79. The molecule has 0 aliphatic carbocycles. The highest BCUT2D eigenvalue weighted by Crippen LogP contribution is 2.41. The number of nitrogens with one attached hydrogen (secondary N) is 1. The van der Waals surface area contributed by atoms with Crippen molar-refractivity contribution in [3.05, 3.63) is 79.8 Å². The summed E-state index contributed by atoms with van der Waals surface area (Å²) in [4.78, 5) is 25.2. The molecule has 2 aromatic rings. The van der Waals surface area contributed by atoms with Crippen molar-refractivity contribution in [1.29, 1.82) is 5.26 Å². The molecule has 3 rings (SSSR count). The van der Waals surface area contributed by atoms with Crippen LogP contribution < -0.4 is 5.32 Å². The molecule has 1 heterocycles. The monoisotopic (exact) mass is 460 g/mol. The van der Waals surface area contributed by atoms with Gasteiger partial charge in [-0.3, -0.25) is 9.59 Å². The Morgan fingerprint density at radius 2 is 1.90 bits per heavy atom. The van der Waals surface area contributed by atoms with Crippen LogP contribution in [0.2, 0.25) is 10.0 Å². The third kappa shape index (κ3) is 4.65. The number of esters is 1. The van der Waals surface area contributed by atoms with E-state index in [9.17, 15) is 14.9 Å². The summed E-state index contributed by atoms with van der Waals surface area (Å²) in [5.41, 5.74) is 2.94. The van der Waals surface area contributed by atoms with E-state index in [2.05, 4.69) is 11.4 Å². The van der Waals surface area contributed by atoms with Crippen LogP contribution in [0, 0.1) is 24.2 Å². The molecule has 1 N–H and O–H groups in total. The number of carbonyl (C=O) groups is 2. The molecule has 0 spiro atoms. The minimum atomic E-state index is -1.14. The molecule has 154 valence electrons. The second kappa shape index (κ2) is 9.57. The zero-order chi connectivity index (χ0) is 21.8. The first-order chi connectivity index (χ1) is 14.3. The first kappa shape index (κ1) is 22.2. The summed E-state index contributed by atoms with van der Waals surface area (Å²) >= 11 is 13.3. The Balaban J connectivity index is 2.00. The van der Waals surface area contributed by atoms with Crippen molar-refractivity contribution in [2.45, 2.75) is 18.6 Å². The van der Waals surface area contributed by atoms with Crippen molar-refractivity contribution < 1.29 is 14.3 Å². The van der Waals surface area contributed by atoms with E-state index < -0.39 is 23.7 Å². The van der Waals surface area contributed by atoms with E-state index in [1.807, 2.05) is 37.3 Å². The van der Waals surface area contributed by atoms with Gasteiger partial charge in [0.05, 0.1) is 33.8 Å². The number of aryl methyl sites for hydroxylation is 1. The van der Waals surface area contributed by atoms with Gasteiger partial charge in [0.2, 0.25) is 5.91 Å². The van der Waals surface area contributed by atoms with Gasteiger partial charge in [0.25, 0.3) is 0 Å². The number of halogens is 2. The Bertz CT molecular complexity index is 1060. The molecule has 1 aliphatic rings. The van der Waals surface area contributed by atoms with Crippen LogP contribution >= 0.6 is 35.0 Å². The van der Waals surface area contributed by atoms with E-state index in [-0.39, 0.29) is 0 Å². The van der Waals surface area contributed by atoms with Gasteiger partial charge in [0.15, 0.2) is 0 Å². The molecule has 8 heteroatoms. The Hall–Kier alpha value is -2.46. The lowest BCUT2D eigenvalue weighted by atomic mass is 9.78. The second-order valence-electron chi connectivity index (χ2n) is 6.77. The standard InChI is InChI=1S/C22H18Cl2N2O3S/c1-12-3-6-14(7-4-12)18-15(10-25)21(26-20(27)19(18)22(28)29-2)30-11-13-5-8-16(23)17(24)9-13/h3-9,18-19H,11H2,1-2H3,(H,26,27). The van der Waals surface area contributed by atoms with Crippen LogP contribution in [0.1, 0.15) is 22.6 Å². The fourth-order valence-electron chi connectivity index (χ4n) is 3.24. The third-order valence-corrected chi connectivity index (χ3v) is 6.61. The van der Waals surface area contributed by atoms with Crippen molar-refractivity contribution in [3.8, 4) is 6.07 Å². The molecule has 0 radical (unpaired) electrons. The highest BCUT2D eigenvalue weighted by molar-refractivity contribution is 8.02. The minimum Gasteiger partial charge on any atom is -0.468 e. The average Bonchev–Trinajstić information content (AvgIpc) is 2.74. The topological polar surface area (TPSA) is 79.2 Å². The van der Waals surface area contributed by atoms with Crippen molar-refractivity contribution >= 4 is 46.8 Å². The highest BCUT2D eigenvalue weighted by atomic mass is 35.5. The number of hydrogen-bond acceptors (Lipinski definition) is 5. The predicted octanol–water partition coefficient (Wildman–Crippen LogP) is 4.97. The summed E-state index contributed by atoms with van der Waals surface area (Å²) in [6.07, 6.45) is 0. The molecule has 0 saturated heterocycles. The number of ether oxygens (including phenoxy) is 1. The number of carbonyl (C=O) groups excluding carboxylic acids is 2. The fraction of sp³-hybridized carbons (Fsp3) is 0.227. The van der Waals surface area contributed by atoms with Gasteiger partial charge in [-0.15, -0.1) is 11.8 Å². The van der Waals surface area contributed by atoms with Crippen LogP contribution in [-0.4, -0.2) is 19.0 Å². The maximum absolute atomic E-state index is 12.8. The molecule has 1 amide bonds. The van der Waals surface area contributed by atoms with Crippen molar-refractivity contribution in [2.75, 3.05) is 7.11 Å². The number of nitriles is 1. The zero-order valence-electron chi connectivity index (χ0n) is 16.2. The van der Waals surface area contributed by atoms with Gasteiger partial charge < -0.3 is 10.1 Å². The first-order valence-electron chi connectivity index (χ1n) is 9.02. The van der Waals surface area contributed by atoms with Crippen LogP contribution in [0.4, 0.5) is 0 Å². The zero-order valence-corrected chi connectivity index (χ0v) is 18.6. The largest absolute Gasteiger partial charge is 0.468 e. The summed E-state index contributed by atoms with van der Waals surface area (Å²) in [5, 5.41) is 13.9. The van der Waals surface area contributed by atoms with E-state index in [0.717, 1.165) is 11.1 Å². The normalized spacial score (nSPS) is 18.6. The fourth-order valence-corrected chi connectivity index (χ4v) is 4.55. The number of rotatable bonds is 5. The van der Waals surface area contributed by atoms with Crippen LogP contribution in [0.5, 0.6) is 0 Å². The summed E-state index contributed by atoms with van der Waals surface area (Å²) in [5.74, 6) is -2.58. The van der Waals surface area contributed by atoms with E-state index in [1.165, 1.54) is 18.9 Å². The number of hydrogen-bond donors (Lipinski definition) is 1. The van der Waals surface area contributed by atoms with Crippen LogP contribution in [0.15, 0.2) is 53.1 Å². The molecular weight excluding hydrogens is 443 g/mol. The Labute approximate surface area is 189 Å². The van der Waals surface area contributed by atoms with Gasteiger partial charge in [0, 0.05) is 11.7 Å². The molecule has 0 bridgehead atoms. The molecule has 0 aromatic heterocycles. The SMILES string of the molecule is COC(=O)C1C(=O)NC(SCc2ccc(Cl)c(Cl)c2)=C(C#N)C1c1ccc(C)cc1. The second-order valence-corrected chi connectivity index (χ2v) is 8.57. The summed E-state index contributed by atoms with van der Waals surface area (Å²) in [7, 11) is 1.23. The maximum atomic E-state index is 12.8. The van der Waals surface area contributed by atoms with Gasteiger partial charge >= 0.3 is 5.97 Å². The number of benzene rings is 2. The molecule has 0 fully saturated rings. The number of methoxy groups -OCH3 is 1. The molecular formula is C22H18Cl2N2O3S. The van der Waals surface area contributed by atoms with Crippen LogP contribution in [0.3, 0.4) is 0 Å². The summed E-state index contributed by atoms with van der Waals surface area (Å²) in [6.45, 7) is 1.94. The molecule has 0 saturated carbocycles.